The molecule has 2 unspecified atom stereocenters. The van der Waals surface area contributed by atoms with Crippen molar-refractivity contribution >= 4 is 0 Å². The molecule has 1 aliphatic rings. The van der Waals surface area contributed by atoms with E-state index in [-0.39, 0.29) is 6.04 Å². The second kappa shape index (κ2) is 6.03. The minimum atomic E-state index is 0.00827. The van der Waals surface area contributed by atoms with Gasteiger partial charge in [-0.05, 0) is 25.8 Å². The number of para-hydroxylation sites is 1. The zero-order valence-electron chi connectivity index (χ0n) is 10.4. The molecule has 0 saturated carbocycles. The summed E-state index contributed by atoms with van der Waals surface area (Å²) in [4.78, 5) is 0. The van der Waals surface area contributed by atoms with Gasteiger partial charge in [0.15, 0.2) is 0 Å². The van der Waals surface area contributed by atoms with E-state index in [9.17, 15) is 0 Å². The zero-order valence-corrected chi connectivity index (χ0v) is 10.4. The van der Waals surface area contributed by atoms with Crippen molar-refractivity contribution in [2.24, 2.45) is 5.73 Å². The Morgan fingerprint density at radius 3 is 3.00 bits per heavy atom. The second-order valence-electron chi connectivity index (χ2n) is 4.60. The fraction of sp³-hybridized carbons (Fsp3) is 0.571. The highest BCUT2D eigenvalue weighted by atomic mass is 16.5. The molecule has 0 aromatic heterocycles. The fourth-order valence-electron chi connectivity index (χ4n) is 2.16. The molecule has 1 fully saturated rings. The largest absolute Gasteiger partial charge is 0.493 e. The van der Waals surface area contributed by atoms with E-state index in [1.165, 1.54) is 6.42 Å². The van der Waals surface area contributed by atoms with Gasteiger partial charge < -0.3 is 15.2 Å². The smallest absolute Gasteiger partial charge is 0.124 e. The standard InChI is InChI=1S/C14H21NO2/c1-11(15)13-6-2-3-7-14(13)17-10-8-12-5-4-9-16-12/h2-3,6-7,11-12H,4-5,8-10,15H2,1H3. The summed E-state index contributed by atoms with van der Waals surface area (Å²) in [6.07, 6.45) is 3.70. The Bertz CT molecular complexity index is 346. The van der Waals surface area contributed by atoms with Gasteiger partial charge in [0, 0.05) is 24.6 Å². The first kappa shape index (κ1) is 12.4. The summed E-state index contributed by atoms with van der Waals surface area (Å²) in [7, 11) is 0. The van der Waals surface area contributed by atoms with Crippen molar-refractivity contribution < 1.29 is 9.47 Å². The van der Waals surface area contributed by atoms with Crippen LogP contribution in [0.3, 0.4) is 0 Å². The molecule has 2 rings (SSSR count). The highest BCUT2D eigenvalue weighted by Gasteiger charge is 2.15. The predicted molar refractivity (Wildman–Crippen MR) is 68.1 cm³/mol. The van der Waals surface area contributed by atoms with Crippen molar-refractivity contribution in [3.63, 3.8) is 0 Å². The van der Waals surface area contributed by atoms with Crippen LogP contribution >= 0.6 is 0 Å². The molecule has 1 saturated heterocycles. The van der Waals surface area contributed by atoms with Crippen LogP contribution in [0.2, 0.25) is 0 Å². The van der Waals surface area contributed by atoms with Gasteiger partial charge in [0.25, 0.3) is 0 Å². The summed E-state index contributed by atoms with van der Waals surface area (Å²) in [5, 5.41) is 0. The van der Waals surface area contributed by atoms with Crippen LogP contribution in [0, 0.1) is 0 Å². The summed E-state index contributed by atoms with van der Waals surface area (Å²) in [6.45, 7) is 3.58. The molecule has 1 aliphatic heterocycles. The molecule has 3 heteroatoms. The van der Waals surface area contributed by atoms with Gasteiger partial charge in [-0.25, -0.2) is 0 Å². The highest BCUT2D eigenvalue weighted by Crippen LogP contribution is 2.24. The van der Waals surface area contributed by atoms with Gasteiger partial charge in [0.05, 0.1) is 12.7 Å². The average Bonchev–Trinajstić information content (AvgIpc) is 2.82. The molecule has 0 spiro atoms. The molecule has 17 heavy (non-hydrogen) atoms. The lowest BCUT2D eigenvalue weighted by Gasteiger charge is -2.15. The molecule has 1 aromatic carbocycles. The molecule has 2 N–H and O–H groups in total. The van der Waals surface area contributed by atoms with Gasteiger partial charge in [-0.1, -0.05) is 18.2 Å². The Balaban J connectivity index is 1.85. The van der Waals surface area contributed by atoms with E-state index in [1.54, 1.807) is 0 Å². The number of ether oxygens (including phenoxy) is 2. The molecule has 3 nitrogen and oxygen atoms in total. The van der Waals surface area contributed by atoms with Crippen molar-refractivity contribution in [1.29, 1.82) is 0 Å². The number of hydrogen-bond acceptors (Lipinski definition) is 3. The molecule has 1 heterocycles. The van der Waals surface area contributed by atoms with Gasteiger partial charge in [0.1, 0.15) is 5.75 Å². The average molecular weight is 235 g/mol. The van der Waals surface area contributed by atoms with Crippen LogP contribution in [-0.4, -0.2) is 19.3 Å². The molecule has 94 valence electrons. The molecular formula is C14H21NO2. The lowest BCUT2D eigenvalue weighted by atomic mass is 10.1. The Kier molecular flexibility index (Phi) is 4.40. The summed E-state index contributed by atoms with van der Waals surface area (Å²) in [5.41, 5.74) is 6.97. The van der Waals surface area contributed by atoms with Gasteiger partial charge in [-0.15, -0.1) is 0 Å². The monoisotopic (exact) mass is 235 g/mol. The molecule has 0 radical (unpaired) electrons. The lowest BCUT2D eigenvalue weighted by molar-refractivity contribution is 0.0902. The number of rotatable bonds is 5. The zero-order chi connectivity index (χ0) is 12.1. The minimum absolute atomic E-state index is 0.00827. The van der Waals surface area contributed by atoms with Crippen LogP contribution in [-0.2, 0) is 4.74 Å². The molecule has 0 aliphatic carbocycles. The van der Waals surface area contributed by atoms with Crippen molar-refractivity contribution in [3.05, 3.63) is 29.8 Å². The first-order chi connectivity index (χ1) is 8.27. The molecule has 1 aromatic rings. The summed E-state index contributed by atoms with van der Waals surface area (Å²) < 4.78 is 11.4. The highest BCUT2D eigenvalue weighted by molar-refractivity contribution is 5.35. The van der Waals surface area contributed by atoms with Crippen molar-refractivity contribution in [2.45, 2.75) is 38.3 Å². The van der Waals surface area contributed by atoms with E-state index in [0.717, 1.165) is 30.8 Å². The fourth-order valence-corrected chi connectivity index (χ4v) is 2.16. The second-order valence-corrected chi connectivity index (χ2v) is 4.60. The van der Waals surface area contributed by atoms with Crippen LogP contribution in [0.4, 0.5) is 0 Å². The van der Waals surface area contributed by atoms with Gasteiger partial charge in [0.2, 0.25) is 0 Å². The molecule has 2 atom stereocenters. The third kappa shape index (κ3) is 3.45. The van der Waals surface area contributed by atoms with Crippen LogP contribution < -0.4 is 10.5 Å². The van der Waals surface area contributed by atoms with Gasteiger partial charge in [-0.3, -0.25) is 0 Å². The lowest BCUT2D eigenvalue weighted by Crippen LogP contribution is -2.13. The topological polar surface area (TPSA) is 44.5 Å². The maximum atomic E-state index is 5.90. The first-order valence-electron chi connectivity index (χ1n) is 6.36. The Labute approximate surface area is 103 Å². The van der Waals surface area contributed by atoms with E-state index in [1.807, 2.05) is 31.2 Å². The van der Waals surface area contributed by atoms with Gasteiger partial charge in [-0.2, -0.15) is 0 Å². The summed E-state index contributed by atoms with van der Waals surface area (Å²) in [5.74, 6) is 0.903. The number of nitrogens with two attached hydrogens (primary N) is 1. The van der Waals surface area contributed by atoms with Crippen LogP contribution in [0.5, 0.6) is 5.75 Å². The predicted octanol–water partition coefficient (Wildman–Crippen LogP) is 2.65. The van der Waals surface area contributed by atoms with Crippen LogP contribution in [0.1, 0.15) is 37.8 Å². The van der Waals surface area contributed by atoms with E-state index in [0.29, 0.717) is 12.7 Å². The maximum Gasteiger partial charge on any atom is 0.124 e. The molecule has 0 amide bonds. The van der Waals surface area contributed by atoms with E-state index >= 15 is 0 Å². The Hall–Kier alpha value is -1.06. The quantitative estimate of drug-likeness (QED) is 0.853. The molecular weight excluding hydrogens is 214 g/mol. The third-order valence-corrected chi connectivity index (χ3v) is 3.13. The summed E-state index contributed by atoms with van der Waals surface area (Å²) in [6, 6.07) is 7.98. The SMILES string of the molecule is CC(N)c1ccccc1OCCC1CCCO1. The molecule has 0 bridgehead atoms. The van der Waals surface area contributed by atoms with Crippen molar-refractivity contribution in [3.8, 4) is 5.75 Å². The van der Waals surface area contributed by atoms with Crippen molar-refractivity contribution in [1.82, 2.24) is 0 Å². The normalized spacial score (nSPS) is 21.4. The maximum absolute atomic E-state index is 5.90. The van der Waals surface area contributed by atoms with Gasteiger partial charge >= 0.3 is 0 Å². The third-order valence-electron chi connectivity index (χ3n) is 3.13. The van der Waals surface area contributed by atoms with Crippen LogP contribution in [0.15, 0.2) is 24.3 Å². The Morgan fingerprint density at radius 2 is 2.29 bits per heavy atom. The summed E-state index contributed by atoms with van der Waals surface area (Å²) >= 11 is 0. The number of hydrogen-bond donors (Lipinski definition) is 1. The minimum Gasteiger partial charge on any atom is -0.493 e. The van der Waals surface area contributed by atoms with Crippen molar-refractivity contribution in [2.75, 3.05) is 13.2 Å². The van der Waals surface area contributed by atoms with E-state index < -0.39 is 0 Å². The number of benzene rings is 1. The van der Waals surface area contributed by atoms with E-state index in [4.69, 9.17) is 15.2 Å². The Morgan fingerprint density at radius 1 is 1.47 bits per heavy atom. The first-order valence-corrected chi connectivity index (χ1v) is 6.36. The van der Waals surface area contributed by atoms with E-state index in [2.05, 4.69) is 0 Å². The van der Waals surface area contributed by atoms with Crippen LogP contribution in [0.25, 0.3) is 0 Å².